The van der Waals surface area contributed by atoms with E-state index in [0.29, 0.717) is 12.0 Å². The number of carbonyl (C=O) groups is 3. The van der Waals surface area contributed by atoms with Gasteiger partial charge in [0.05, 0.1) is 28.3 Å². The Morgan fingerprint density at radius 3 is 2.40 bits per heavy atom. The van der Waals surface area contributed by atoms with Gasteiger partial charge >= 0.3 is 5.97 Å². The predicted octanol–water partition coefficient (Wildman–Crippen LogP) is 5.73. The Labute approximate surface area is 228 Å². The maximum Gasteiger partial charge on any atom is 0.343 e. The first kappa shape index (κ1) is 25.1. The largest absolute Gasteiger partial charge is 0.461 e. The van der Waals surface area contributed by atoms with Gasteiger partial charge < -0.3 is 13.6 Å². The Kier molecular flexibility index (Phi) is 6.15. The monoisotopic (exact) mass is 533 g/mol. The SMILES string of the molecule is Cc1cc(C)c2oc(-c3ccco3)c(OC(=O)c3ccc4c(c3)C(=O)N(CCc3ccccc3)C4=O)c(=O)c2c1. The average molecular weight is 534 g/mol. The molecule has 8 nitrogen and oxygen atoms in total. The first-order valence-electron chi connectivity index (χ1n) is 12.7. The van der Waals surface area contributed by atoms with Crippen LogP contribution in [-0.2, 0) is 6.42 Å². The van der Waals surface area contributed by atoms with Gasteiger partial charge in [-0.2, -0.15) is 0 Å². The van der Waals surface area contributed by atoms with Gasteiger partial charge in [-0.3, -0.25) is 19.3 Å². The van der Waals surface area contributed by atoms with Crippen LogP contribution in [0.3, 0.4) is 0 Å². The summed E-state index contributed by atoms with van der Waals surface area (Å²) in [6.45, 7) is 3.88. The lowest BCUT2D eigenvalue weighted by Gasteiger charge is -2.13. The van der Waals surface area contributed by atoms with Crippen LogP contribution in [0.4, 0.5) is 0 Å². The Morgan fingerprint density at radius 2 is 1.65 bits per heavy atom. The molecule has 0 bridgehead atoms. The third-order valence-electron chi connectivity index (χ3n) is 6.89. The standard InChI is InChI=1S/C32H23NO7/c1-18-15-19(2)27-24(16-18)26(34)29(28(39-27)25-9-6-14-38-25)40-32(37)21-10-11-22-23(17-21)31(36)33(30(22)35)13-12-20-7-4-3-5-8-20/h3-11,14-17H,12-13H2,1-2H3. The van der Waals surface area contributed by atoms with Crippen LogP contribution in [0.25, 0.3) is 22.5 Å². The molecule has 0 fully saturated rings. The lowest BCUT2D eigenvalue weighted by atomic mass is 10.1. The van der Waals surface area contributed by atoms with Gasteiger partial charge in [-0.1, -0.05) is 36.4 Å². The minimum Gasteiger partial charge on any atom is -0.461 e. The molecule has 5 aromatic rings. The van der Waals surface area contributed by atoms with E-state index in [0.717, 1.165) is 16.7 Å². The van der Waals surface area contributed by atoms with Crippen molar-refractivity contribution in [1.82, 2.24) is 4.90 Å². The summed E-state index contributed by atoms with van der Waals surface area (Å²) < 4.78 is 17.1. The zero-order valence-corrected chi connectivity index (χ0v) is 21.7. The molecular formula is C32H23NO7. The van der Waals surface area contributed by atoms with E-state index in [2.05, 4.69) is 0 Å². The Hall–Kier alpha value is -5.24. The summed E-state index contributed by atoms with van der Waals surface area (Å²) in [6.07, 6.45) is 1.92. The van der Waals surface area contributed by atoms with Crippen molar-refractivity contribution >= 4 is 28.8 Å². The Balaban J connectivity index is 1.33. The second kappa shape index (κ2) is 9.81. The van der Waals surface area contributed by atoms with Gasteiger partial charge in [0, 0.05) is 6.54 Å². The van der Waals surface area contributed by atoms with Crippen molar-refractivity contribution in [3.8, 4) is 17.3 Å². The normalized spacial score (nSPS) is 12.7. The molecule has 0 spiro atoms. The molecule has 8 heteroatoms. The minimum atomic E-state index is -0.880. The molecule has 198 valence electrons. The molecule has 0 N–H and O–H groups in total. The van der Waals surface area contributed by atoms with Crippen LogP contribution in [-0.4, -0.2) is 29.2 Å². The van der Waals surface area contributed by atoms with Crippen molar-refractivity contribution in [2.24, 2.45) is 0 Å². The summed E-state index contributed by atoms with van der Waals surface area (Å²) in [5.74, 6) is -1.93. The molecule has 0 atom stereocenters. The molecule has 1 aliphatic heterocycles. The highest BCUT2D eigenvalue weighted by atomic mass is 16.5. The van der Waals surface area contributed by atoms with Crippen LogP contribution in [0.1, 0.15) is 47.8 Å². The predicted molar refractivity (Wildman–Crippen MR) is 147 cm³/mol. The van der Waals surface area contributed by atoms with Crippen molar-refractivity contribution in [3.63, 3.8) is 0 Å². The molecule has 40 heavy (non-hydrogen) atoms. The summed E-state index contributed by atoms with van der Waals surface area (Å²) in [7, 11) is 0. The van der Waals surface area contributed by atoms with Crippen molar-refractivity contribution in [1.29, 1.82) is 0 Å². The molecule has 6 rings (SSSR count). The van der Waals surface area contributed by atoms with E-state index in [9.17, 15) is 19.2 Å². The van der Waals surface area contributed by atoms with E-state index >= 15 is 0 Å². The van der Waals surface area contributed by atoms with Gasteiger partial charge in [-0.25, -0.2) is 4.79 Å². The zero-order valence-electron chi connectivity index (χ0n) is 21.7. The number of esters is 1. The van der Waals surface area contributed by atoms with E-state index in [1.54, 1.807) is 18.2 Å². The molecule has 0 saturated carbocycles. The molecule has 0 radical (unpaired) electrons. The van der Waals surface area contributed by atoms with E-state index in [-0.39, 0.29) is 45.9 Å². The molecule has 0 unspecified atom stereocenters. The van der Waals surface area contributed by atoms with Crippen LogP contribution in [0, 0.1) is 13.8 Å². The number of carbonyl (C=O) groups excluding carboxylic acids is 3. The first-order chi connectivity index (χ1) is 19.3. The number of amides is 2. The average Bonchev–Trinajstić information content (AvgIpc) is 3.57. The highest BCUT2D eigenvalue weighted by Crippen LogP contribution is 2.33. The second-order valence-electron chi connectivity index (χ2n) is 9.67. The highest BCUT2D eigenvalue weighted by molar-refractivity contribution is 6.22. The van der Waals surface area contributed by atoms with E-state index < -0.39 is 23.2 Å². The van der Waals surface area contributed by atoms with E-state index in [4.69, 9.17) is 13.6 Å². The van der Waals surface area contributed by atoms with Gasteiger partial charge in [-0.05, 0) is 73.4 Å². The molecule has 0 aliphatic carbocycles. The second-order valence-corrected chi connectivity index (χ2v) is 9.67. The third-order valence-corrected chi connectivity index (χ3v) is 6.89. The number of furan rings is 1. The summed E-state index contributed by atoms with van der Waals surface area (Å²) >= 11 is 0. The number of aryl methyl sites for hydroxylation is 2. The van der Waals surface area contributed by atoms with E-state index in [1.807, 2.05) is 50.2 Å². The lowest BCUT2D eigenvalue weighted by molar-refractivity contribution is 0.0655. The van der Waals surface area contributed by atoms with Gasteiger partial charge in [-0.15, -0.1) is 0 Å². The summed E-state index contributed by atoms with van der Waals surface area (Å²) in [4.78, 5) is 54.0. The Morgan fingerprint density at radius 1 is 0.875 bits per heavy atom. The van der Waals surface area contributed by atoms with Crippen LogP contribution in [0.15, 0.2) is 92.7 Å². The fourth-order valence-electron chi connectivity index (χ4n) is 4.95. The maximum atomic E-state index is 13.5. The summed E-state index contributed by atoms with van der Waals surface area (Å²) in [5, 5.41) is 0.263. The first-order valence-corrected chi connectivity index (χ1v) is 12.7. The lowest BCUT2D eigenvalue weighted by Crippen LogP contribution is -2.31. The molecule has 1 aliphatic rings. The number of hydrogen-bond donors (Lipinski definition) is 0. The number of ether oxygens (including phenoxy) is 1. The molecular weight excluding hydrogens is 510 g/mol. The van der Waals surface area contributed by atoms with Gasteiger partial charge in [0.1, 0.15) is 5.58 Å². The number of rotatable bonds is 6. The van der Waals surface area contributed by atoms with Crippen molar-refractivity contribution in [2.45, 2.75) is 20.3 Å². The summed E-state index contributed by atoms with van der Waals surface area (Å²) in [6, 6.07) is 20.5. The van der Waals surface area contributed by atoms with Gasteiger partial charge in [0.15, 0.2) is 5.76 Å². The highest BCUT2D eigenvalue weighted by Gasteiger charge is 2.36. The number of hydrogen-bond acceptors (Lipinski definition) is 7. The smallest absolute Gasteiger partial charge is 0.343 e. The number of nitrogens with zero attached hydrogens (tertiary/aromatic N) is 1. The minimum absolute atomic E-state index is 0.00937. The molecule has 2 amide bonds. The third kappa shape index (κ3) is 4.29. The molecule has 3 aromatic carbocycles. The van der Waals surface area contributed by atoms with Gasteiger partial charge in [0.25, 0.3) is 11.8 Å². The fraction of sp³-hybridized carbons (Fsp3) is 0.125. The maximum absolute atomic E-state index is 13.5. The molecule has 3 heterocycles. The van der Waals surface area contributed by atoms with Crippen molar-refractivity contribution < 1.29 is 28.0 Å². The van der Waals surface area contributed by atoms with E-state index in [1.165, 1.54) is 29.4 Å². The van der Waals surface area contributed by atoms with Crippen LogP contribution >= 0.6 is 0 Å². The number of benzene rings is 3. The molecule has 0 saturated heterocycles. The van der Waals surface area contributed by atoms with Crippen molar-refractivity contribution in [2.75, 3.05) is 6.54 Å². The number of fused-ring (bicyclic) bond motifs is 2. The fourth-order valence-corrected chi connectivity index (χ4v) is 4.95. The number of imide groups is 1. The quantitative estimate of drug-likeness (QED) is 0.203. The molecule has 2 aromatic heterocycles. The van der Waals surface area contributed by atoms with Gasteiger partial charge in [0.2, 0.25) is 16.9 Å². The van der Waals surface area contributed by atoms with Crippen LogP contribution < -0.4 is 10.2 Å². The van der Waals surface area contributed by atoms with Crippen LogP contribution in [0.2, 0.25) is 0 Å². The Bertz CT molecular complexity index is 1870. The van der Waals surface area contributed by atoms with Crippen LogP contribution in [0.5, 0.6) is 5.75 Å². The summed E-state index contributed by atoms with van der Waals surface area (Å²) in [5.41, 5.74) is 2.74. The topological polar surface area (TPSA) is 107 Å². The van der Waals surface area contributed by atoms with Crippen molar-refractivity contribution in [3.05, 3.63) is 123 Å². The zero-order chi connectivity index (χ0) is 28.0.